The van der Waals surface area contributed by atoms with E-state index in [1.165, 1.54) is 34.1 Å². The fourth-order valence-corrected chi connectivity index (χ4v) is 3.88. The molecule has 0 aromatic heterocycles. The SMILES string of the molecule is COCCN(C)CCN(CC(=O)NO)S(=O)c1cc(F)c(Oc2ccc(Cl)cc2)c(F)c1. The van der Waals surface area contributed by atoms with Crippen LogP contribution in [0.1, 0.15) is 0 Å². The molecular formula is C20H24ClF2N3O5S. The zero-order valence-electron chi connectivity index (χ0n) is 17.5. The van der Waals surface area contributed by atoms with Gasteiger partial charge in [-0.3, -0.25) is 10.0 Å². The lowest BCUT2D eigenvalue weighted by Gasteiger charge is -2.24. The minimum absolute atomic E-state index is 0.118. The van der Waals surface area contributed by atoms with Crippen molar-refractivity contribution >= 4 is 28.5 Å². The molecule has 32 heavy (non-hydrogen) atoms. The number of hydrogen-bond donors (Lipinski definition) is 2. The summed E-state index contributed by atoms with van der Waals surface area (Å²) in [7, 11) is 1.27. The van der Waals surface area contributed by atoms with Gasteiger partial charge in [-0.05, 0) is 43.4 Å². The van der Waals surface area contributed by atoms with Crippen LogP contribution in [-0.2, 0) is 20.5 Å². The Morgan fingerprint density at radius 1 is 1.16 bits per heavy atom. The van der Waals surface area contributed by atoms with Gasteiger partial charge in [0.15, 0.2) is 17.4 Å². The molecule has 1 unspecified atom stereocenters. The van der Waals surface area contributed by atoms with Crippen molar-refractivity contribution in [3.05, 3.63) is 53.1 Å². The lowest BCUT2D eigenvalue weighted by molar-refractivity contribution is -0.129. The minimum Gasteiger partial charge on any atom is -0.451 e. The number of amides is 1. The van der Waals surface area contributed by atoms with E-state index in [4.69, 9.17) is 26.3 Å². The van der Waals surface area contributed by atoms with Crippen LogP contribution in [-0.4, -0.2) is 71.5 Å². The van der Waals surface area contributed by atoms with Crippen molar-refractivity contribution in [1.82, 2.24) is 14.7 Å². The highest BCUT2D eigenvalue weighted by atomic mass is 35.5. The maximum atomic E-state index is 14.6. The molecule has 2 aromatic rings. The lowest BCUT2D eigenvalue weighted by Crippen LogP contribution is -2.41. The summed E-state index contributed by atoms with van der Waals surface area (Å²) in [6, 6.07) is 7.66. The van der Waals surface area contributed by atoms with Crippen molar-refractivity contribution in [3.8, 4) is 11.5 Å². The number of nitrogens with one attached hydrogen (secondary N) is 1. The number of carbonyl (C=O) groups is 1. The normalized spacial score (nSPS) is 12.2. The molecule has 1 amide bonds. The Hall–Kier alpha value is -2.15. The van der Waals surface area contributed by atoms with Crippen molar-refractivity contribution in [2.75, 3.05) is 46.9 Å². The predicted octanol–water partition coefficient (Wildman–Crippen LogP) is 2.82. The standard InChI is InChI=1S/C20H24ClF2N3O5S/c1-25(9-10-30-2)7-8-26(13-19(27)24-28)32(29)16-11-17(22)20(18(23)12-16)31-15-5-3-14(21)4-6-15/h3-6,11-12,28H,7-10,13H2,1-2H3,(H,24,27). The van der Waals surface area contributed by atoms with Crippen LogP contribution in [0.5, 0.6) is 11.5 Å². The average Bonchev–Trinajstić information content (AvgIpc) is 2.77. The number of hydrogen-bond acceptors (Lipinski definition) is 6. The molecule has 0 aliphatic rings. The topological polar surface area (TPSA) is 91.3 Å². The molecule has 1 atom stereocenters. The van der Waals surface area contributed by atoms with Gasteiger partial charge in [-0.15, -0.1) is 0 Å². The van der Waals surface area contributed by atoms with Gasteiger partial charge in [0.25, 0.3) is 5.91 Å². The van der Waals surface area contributed by atoms with Gasteiger partial charge in [-0.1, -0.05) is 11.6 Å². The molecule has 0 spiro atoms. The molecule has 0 radical (unpaired) electrons. The molecule has 2 aromatic carbocycles. The Balaban J connectivity index is 2.20. The Bertz CT molecular complexity index is 913. The number of benzene rings is 2. The monoisotopic (exact) mass is 491 g/mol. The molecule has 12 heteroatoms. The van der Waals surface area contributed by atoms with Crippen LogP contribution in [0.3, 0.4) is 0 Å². The summed E-state index contributed by atoms with van der Waals surface area (Å²) < 4.78 is 53.6. The van der Waals surface area contributed by atoms with Gasteiger partial charge in [-0.25, -0.2) is 22.8 Å². The summed E-state index contributed by atoms with van der Waals surface area (Å²) in [5, 5.41) is 9.25. The lowest BCUT2D eigenvalue weighted by atomic mass is 10.3. The number of rotatable bonds is 12. The highest BCUT2D eigenvalue weighted by Crippen LogP contribution is 2.30. The molecule has 8 nitrogen and oxygen atoms in total. The van der Waals surface area contributed by atoms with Gasteiger partial charge in [-0.2, -0.15) is 0 Å². The number of nitrogens with zero attached hydrogens (tertiary/aromatic N) is 2. The molecule has 0 aliphatic heterocycles. The first-order valence-electron chi connectivity index (χ1n) is 9.44. The number of ether oxygens (including phenoxy) is 2. The molecule has 2 rings (SSSR count). The predicted molar refractivity (Wildman–Crippen MR) is 115 cm³/mol. The largest absolute Gasteiger partial charge is 0.451 e. The van der Waals surface area contributed by atoms with Crippen LogP contribution in [0.15, 0.2) is 41.3 Å². The molecule has 0 bridgehead atoms. The average molecular weight is 492 g/mol. The van der Waals surface area contributed by atoms with E-state index in [-0.39, 0.29) is 17.2 Å². The highest BCUT2D eigenvalue weighted by molar-refractivity contribution is 7.82. The van der Waals surface area contributed by atoms with Crippen molar-refractivity contribution in [2.24, 2.45) is 0 Å². The maximum absolute atomic E-state index is 14.6. The first-order valence-corrected chi connectivity index (χ1v) is 10.9. The Labute approximate surface area is 192 Å². The first-order chi connectivity index (χ1) is 15.2. The third-order valence-electron chi connectivity index (χ3n) is 4.29. The van der Waals surface area contributed by atoms with Gasteiger partial charge in [0, 0.05) is 31.8 Å². The molecular weight excluding hydrogens is 468 g/mol. The van der Waals surface area contributed by atoms with Gasteiger partial charge >= 0.3 is 0 Å². The molecule has 2 N–H and O–H groups in total. The van der Waals surface area contributed by atoms with Crippen LogP contribution < -0.4 is 10.2 Å². The second-order valence-corrected chi connectivity index (χ2v) is 8.64. The molecule has 176 valence electrons. The van der Waals surface area contributed by atoms with Crippen LogP contribution in [0.2, 0.25) is 5.02 Å². The fraction of sp³-hybridized carbons (Fsp3) is 0.350. The summed E-state index contributed by atoms with van der Waals surface area (Å²) in [6.45, 7) is 1.11. The third kappa shape index (κ3) is 7.76. The van der Waals surface area contributed by atoms with E-state index in [1.807, 2.05) is 4.90 Å². The van der Waals surface area contributed by atoms with E-state index in [2.05, 4.69) is 0 Å². The smallest absolute Gasteiger partial charge is 0.258 e. The van der Waals surface area contributed by atoms with E-state index in [0.29, 0.717) is 24.7 Å². The van der Waals surface area contributed by atoms with Crippen molar-refractivity contribution in [3.63, 3.8) is 0 Å². The third-order valence-corrected chi connectivity index (χ3v) is 5.97. The van der Waals surface area contributed by atoms with Crippen LogP contribution in [0.4, 0.5) is 8.78 Å². The summed E-state index contributed by atoms with van der Waals surface area (Å²) in [5.74, 6) is -3.44. The summed E-state index contributed by atoms with van der Waals surface area (Å²) in [6.07, 6.45) is 0. The maximum Gasteiger partial charge on any atom is 0.258 e. The summed E-state index contributed by atoms with van der Waals surface area (Å²) >= 11 is 5.78. The number of halogens is 3. The first kappa shape index (κ1) is 26.1. The van der Waals surface area contributed by atoms with Gasteiger partial charge in [0.2, 0.25) is 0 Å². The van der Waals surface area contributed by atoms with E-state index in [1.54, 1.807) is 14.2 Å². The summed E-state index contributed by atoms with van der Waals surface area (Å²) in [5.41, 5.74) is 1.46. The van der Waals surface area contributed by atoms with E-state index >= 15 is 0 Å². The number of carbonyl (C=O) groups excluding carboxylic acids is 1. The van der Waals surface area contributed by atoms with E-state index in [0.717, 1.165) is 12.1 Å². The van der Waals surface area contributed by atoms with Crippen LogP contribution >= 0.6 is 11.6 Å². The van der Waals surface area contributed by atoms with E-state index in [9.17, 15) is 17.8 Å². The fourth-order valence-electron chi connectivity index (χ4n) is 2.56. The molecule has 0 saturated carbocycles. The second kappa shape index (κ2) is 12.8. The van der Waals surface area contributed by atoms with Gasteiger partial charge < -0.3 is 14.4 Å². The number of likely N-dealkylation sites (N-methyl/N-ethyl adjacent to an activating group) is 1. The Kier molecular flexibility index (Phi) is 10.4. The van der Waals surface area contributed by atoms with Crippen LogP contribution in [0, 0.1) is 11.6 Å². The minimum atomic E-state index is -2.09. The van der Waals surface area contributed by atoms with Crippen molar-refractivity contribution in [1.29, 1.82) is 0 Å². The van der Waals surface area contributed by atoms with Crippen molar-refractivity contribution in [2.45, 2.75) is 4.90 Å². The zero-order chi connectivity index (χ0) is 23.7. The highest BCUT2D eigenvalue weighted by Gasteiger charge is 2.23. The van der Waals surface area contributed by atoms with Gasteiger partial charge in [0.1, 0.15) is 16.7 Å². The summed E-state index contributed by atoms with van der Waals surface area (Å²) in [4.78, 5) is 13.3. The quantitative estimate of drug-likeness (QED) is 0.350. The van der Waals surface area contributed by atoms with E-state index < -0.39 is 40.8 Å². The van der Waals surface area contributed by atoms with Crippen LogP contribution in [0.25, 0.3) is 0 Å². The number of methoxy groups -OCH3 is 1. The molecule has 0 saturated heterocycles. The van der Waals surface area contributed by atoms with Crippen molar-refractivity contribution < 1.29 is 32.5 Å². The zero-order valence-corrected chi connectivity index (χ0v) is 19.1. The van der Waals surface area contributed by atoms with Gasteiger partial charge in [0.05, 0.1) is 18.0 Å². The Morgan fingerprint density at radius 2 is 1.78 bits per heavy atom. The molecule has 0 fully saturated rings. The second-order valence-electron chi connectivity index (χ2n) is 6.72. The molecule has 0 heterocycles. The number of hydroxylamine groups is 1. The Morgan fingerprint density at radius 3 is 2.34 bits per heavy atom. The molecule has 0 aliphatic carbocycles.